The maximum atomic E-state index is 13.0. The van der Waals surface area contributed by atoms with Crippen molar-refractivity contribution in [1.82, 2.24) is 0 Å². The number of benzene rings is 2. The van der Waals surface area contributed by atoms with Crippen LogP contribution in [-0.4, -0.2) is 30.8 Å². The van der Waals surface area contributed by atoms with Gasteiger partial charge in [0.15, 0.2) is 15.4 Å². The molecular formula is C18H17F4NO4S. The molecule has 0 bridgehead atoms. The molecule has 28 heavy (non-hydrogen) atoms. The number of carbonyl (C=O) groups is 1. The highest BCUT2D eigenvalue weighted by Gasteiger charge is 2.37. The number of anilines is 1. The Labute approximate surface area is 158 Å². The summed E-state index contributed by atoms with van der Waals surface area (Å²) >= 11 is 0. The summed E-state index contributed by atoms with van der Waals surface area (Å²) in [6.07, 6.45) is -4.64. The standard InChI is InChI=1S/C18H17F4NO4S/c1-11-3-6-13(9-15(11)18(20,21)22)23-16(24)17(2,25)10-28(26,27)14-7-4-12(19)5-8-14/h3-9,25H,10H2,1-2H3,(H,23,24)/t17-/m0/s1. The largest absolute Gasteiger partial charge is 0.416 e. The number of rotatable bonds is 5. The van der Waals surface area contributed by atoms with Crippen molar-refractivity contribution in [3.63, 3.8) is 0 Å². The maximum Gasteiger partial charge on any atom is 0.416 e. The lowest BCUT2D eigenvalue weighted by molar-refractivity contribution is -0.138. The zero-order valence-electron chi connectivity index (χ0n) is 14.8. The minimum Gasteiger partial charge on any atom is -0.379 e. The Kier molecular flexibility index (Phi) is 5.86. The summed E-state index contributed by atoms with van der Waals surface area (Å²) in [7, 11) is -4.17. The van der Waals surface area contributed by atoms with E-state index in [-0.39, 0.29) is 16.1 Å². The molecule has 5 nitrogen and oxygen atoms in total. The molecule has 0 aliphatic heterocycles. The summed E-state index contributed by atoms with van der Waals surface area (Å²) in [5.74, 6) is -2.91. The SMILES string of the molecule is Cc1ccc(NC(=O)[C@@](C)(O)CS(=O)(=O)c2ccc(F)cc2)cc1C(F)(F)F. The van der Waals surface area contributed by atoms with Crippen molar-refractivity contribution in [1.29, 1.82) is 0 Å². The first-order valence-electron chi connectivity index (χ1n) is 7.92. The molecule has 0 spiro atoms. The van der Waals surface area contributed by atoms with Gasteiger partial charge in [0.25, 0.3) is 5.91 Å². The summed E-state index contributed by atoms with van der Waals surface area (Å²) < 4.78 is 76.5. The molecule has 0 aliphatic rings. The fourth-order valence-electron chi connectivity index (χ4n) is 2.43. The molecule has 0 aliphatic carbocycles. The molecule has 2 aromatic rings. The van der Waals surface area contributed by atoms with E-state index in [9.17, 15) is 35.9 Å². The van der Waals surface area contributed by atoms with Crippen LogP contribution in [0.5, 0.6) is 0 Å². The van der Waals surface area contributed by atoms with Gasteiger partial charge in [-0.2, -0.15) is 13.2 Å². The van der Waals surface area contributed by atoms with Crippen LogP contribution in [0.4, 0.5) is 23.2 Å². The van der Waals surface area contributed by atoms with Crippen LogP contribution in [0.15, 0.2) is 47.4 Å². The third-order valence-corrected chi connectivity index (χ3v) is 5.87. The molecule has 1 atom stereocenters. The number of alkyl halides is 3. The quantitative estimate of drug-likeness (QED) is 0.575. The van der Waals surface area contributed by atoms with Crippen LogP contribution in [0.25, 0.3) is 0 Å². The maximum absolute atomic E-state index is 13.0. The van der Waals surface area contributed by atoms with Crippen molar-refractivity contribution in [3.05, 3.63) is 59.4 Å². The Morgan fingerprint density at radius 2 is 1.68 bits per heavy atom. The van der Waals surface area contributed by atoms with Gasteiger partial charge in [-0.25, -0.2) is 12.8 Å². The molecule has 2 N–H and O–H groups in total. The number of aliphatic hydroxyl groups is 1. The summed E-state index contributed by atoms with van der Waals surface area (Å²) in [6.45, 7) is 2.17. The molecule has 2 aromatic carbocycles. The van der Waals surface area contributed by atoms with E-state index in [4.69, 9.17) is 0 Å². The summed E-state index contributed by atoms with van der Waals surface area (Å²) in [5, 5.41) is 12.4. The first-order valence-corrected chi connectivity index (χ1v) is 9.58. The first kappa shape index (κ1) is 21.8. The smallest absolute Gasteiger partial charge is 0.379 e. The lowest BCUT2D eigenvalue weighted by atomic mass is 10.1. The topological polar surface area (TPSA) is 83.5 Å². The van der Waals surface area contributed by atoms with Crippen molar-refractivity contribution in [2.45, 2.75) is 30.5 Å². The van der Waals surface area contributed by atoms with Crippen LogP contribution >= 0.6 is 0 Å². The Morgan fingerprint density at radius 1 is 1.11 bits per heavy atom. The monoisotopic (exact) mass is 419 g/mol. The minimum absolute atomic E-state index is 0.0591. The van der Waals surface area contributed by atoms with Gasteiger partial charge in [0, 0.05) is 5.69 Å². The van der Waals surface area contributed by atoms with Crippen molar-refractivity contribution in [3.8, 4) is 0 Å². The molecule has 1 amide bonds. The average Bonchev–Trinajstić information content (AvgIpc) is 2.55. The highest BCUT2D eigenvalue weighted by atomic mass is 32.2. The Bertz CT molecular complexity index is 984. The van der Waals surface area contributed by atoms with Gasteiger partial charge < -0.3 is 10.4 Å². The lowest BCUT2D eigenvalue weighted by Gasteiger charge is -2.22. The molecule has 0 unspecified atom stereocenters. The third-order valence-electron chi connectivity index (χ3n) is 3.93. The second-order valence-corrected chi connectivity index (χ2v) is 8.46. The van der Waals surface area contributed by atoms with Gasteiger partial charge in [0.1, 0.15) is 5.82 Å². The average molecular weight is 419 g/mol. The van der Waals surface area contributed by atoms with Gasteiger partial charge >= 0.3 is 6.18 Å². The zero-order valence-corrected chi connectivity index (χ0v) is 15.7. The first-order chi connectivity index (χ1) is 12.7. The van der Waals surface area contributed by atoms with E-state index in [1.54, 1.807) is 0 Å². The number of carbonyl (C=O) groups excluding carboxylic acids is 1. The second kappa shape index (κ2) is 7.51. The molecule has 0 heterocycles. The van der Waals surface area contributed by atoms with Crippen LogP contribution < -0.4 is 5.32 Å². The van der Waals surface area contributed by atoms with E-state index in [0.717, 1.165) is 37.3 Å². The number of halogens is 4. The predicted octanol–water partition coefficient (Wildman–Crippen LogP) is 3.32. The fraction of sp³-hybridized carbons (Fsp3) is 0.278. The number of sulfone groups is 1. The lowest BCUT2D eigenvalue weighted by Crippen LogP contribution is -2.45. The highest BCUT2D eigenvalue weighted by molar-refractivity contribution is 7.91. The van der Waals surface area contributed by atoms with E-state index in [1.807, 2.05) is 0 Å². The van der Waals surface area contributed by atoms with Crippen LogP contribution in [0.1, 0.15) is 18.1 Å². The van der Waals surface area contributed by atoms with E-state index in [2.05, 4.69) is 5.32 Å². The summed E-state index contributed by atoms with van der Waals surface area (Å²) in [4.78, 5) is 12.0. The molecule has 0 fully saturated rings. The Morgan fingerprint density at radius 3 is 2.21 bits per heavy atom. The van der Waals surface area contributed by atoms with E-state index in [1.165, 1.54) is 13.0 Å². The predicted molar refractivity (Wildman–Crippen MR) is 93.9 cm³/mol. The zero-order chi connectivity index (χ0) is 21.3. The number of hydrogen-bond acceptors (Lipinski definition) is 4. The molecular weight excluding hydrogens is 402 g/mol. The van der Waals surface area contributed by atoms with Crippen molar-refractivity contribution < 1.29 is 35.9 Å². The number of hydrogen-bond donors (Lipinski definition) is 2. The van der Waals surface area contributed by atoms with Crippen molar-refractivity contribution in [2.24, 2.45) is 0 Å². The number of nitrogens with one attached hydrogen (secondary N) is 1. The molecule has 2 rings (SSSR count). The Hall–Kier alpha value is -2.46. The van der Waals surface area contributed by atoms with E-state index >= 15 is 0 Å². The molecule has 0 saturated heterocycles. The molecule has 10 heteroatoms. The number of amides is 1. The summed E-state index contributed by atoms with van der Waals surface area (Å²) in [5.41, 5.74) is -3.72. The van der Waals surface area contributed by atoms with Gasteiger partial charge in [-0.15, -0.1) is 0 Å². The van der Waals surface area contributed by atoms with E-state index < -0.39 is 44.7 Å². The van der Waals surface area contributed by atoms with Crippen molar-refractivity contribution >= 4 is 21.4 Å². The molecule has 152 valence electrons. The van der Waals surface area contributed by atoms with Gasteiger partial charge in [-0.1, -0.05) is 6.07 Å². The fourth-order valence-corrected chi connectivity index (χ4v) is 4.02. The van der Waals surface area contributed by atoms with Gasteiger partial charge in [-0.3, -0.25) is 4.79 Å². The summed E-state index contributed by atoms with van der Waals surface area (Å²) in [6, 6.07) is 6.81. The molecule has 0 saturated carbocycles. The van der Waals surface area contributed by atoms with Gasteiger partial charge in [0.2, 0.25) is 0 Å². The van der Waals surface area contributed by atoms with Crippen LogP contribution in [0, 0.1) is 12.7 Å². The Balaban J connectivity index is 2.22. The van der Waals surface area contributed by atoms with Gasteiger partial charge in [0.05, 0.1) is 16.2 Å². The minimum atomic E-state index is -4.64. The molecule has 0 radical (unpaired) electrons. The third kappa shape index (κ3) is 5.08. The van der Waals surface area contributed by atoms with Gasteiger partial charge in [-0.05, 0) is 55.8 Å². The second-order valence-electron chi connectivity index (χ2n) is 6.47. The van der Waals surface area contributed by atoms with Crippen molar-refractivity contribution in [2.75, 3.05) is 11.1 Å². The van der Waals surface area contributed by atoms with Crippen LogP contribution in [0.3, 0.4) is 0 Å². The molecule has 0 aromatic heterocycles. The van der Waals surface area contributed by atoms with E-state index in [0.29, 0.717) is 6.07 Å². The van der Waals surface area contributed by atoms with Crippen LogP contribution in [0.2, 0.25) is 0 Å². The number of aryl methyl sites for hydroxylation is 1. The highest BCUT2D eigenvalue weighted by Crippen LogP contribution is 2.33. The normalized spacial score (nSPS) is 14.4. The van der Waals surface area contributed by atoms with Crippen LogP contribution in [-0.2, 0) is 20.8 Å².